The van der Waals surface area contributed by atoms with Crippen LogP contribution in [0.3, 0.4) is 0 Å². The van der Waals surface area contributed by atoms with Crippen LogP contribution >= 0.6 is 0 Å². The summed E-state index contributed by atoms with van der Waals surface area (Å²) in [6.45, 7) is 7.91. The Bertz CT molecular complexity index is 538. The molecule has 0 aliphatic heterocycles. The lowest BCUT2D eigenvalue weighted by molar-refractivity contribution is 0.462. The highest BCUT2D eigenvalue weighted by molar-refractivity contribution is 5.89. The molecule has 0 unspecified atom stereocenters. The first-order valence-electron chi connectivity index (χ1n) is 5.41. The third kappa shape index (κ3) is 1.58. The summed E-state index contributed by atoms with van der Waals surface area (Å²) in [6, 6.07) is 11.9. The van der Waals surface area contributed by atoms with Crippen molar-refractivity contribution in [3.05, 3.63) is 54.6 Å². The molecule has 0 heterocycles. The molecular weight excluding hydrogens is 196 g/mol. The maximum atomic E-state index is 10.3. The van der Waals surface area contributed by atoms with Gasteiger partial charge in [-0.25, -0.2) is 0 Å². The largest absolute Gasteiger partial charge is 0.507 e. The van der Waals surface area contributed by atoms with E-state index < -0.39 is 0 Å². The monoisotopic (exact) mass is 212 g/mol. The summed E-state index contributed by atoms with van der Waals surface area (Å²) >= 11 is 0. The fourth-order valence-corrected chi connectivity index (χ4v) is 1.89. The second kappa shape index (κ2) is 3.67. The highest BCUT2D eigenvalue weighted by Crippen LogP contribution is 2.36. The average Bonchev–Trinajstić information content (AvgIpc) is 2.29. The third-order valence-electron chi connectivity index (χ3n) is 3.11. The minimum atomic E-state index is -0.214. The van der Waals surface area contributed by atoms with Crippen molar-refractivity contribution in [2.45, 2.75) is 19.3 Å². The van der Waals surface area contributed by atoms with Gasteiger partial charge >= 0.3 is 0 Å². The van der Waals surface area contributed by atoms with Crippen molar-refractivity contribution in [3.8, 4) is 5.75 Å². The fourth-order valence-electron chi connectivity index (χ4n) is 1.89. The molecule has 16 heavy (non-hydrogen) atoms. The highest BCUT2D eigenvalue weighted by Gasteiger charge is 2.20. The number of hydrogen-bond acceptors (Lipinski definition) is 1. The van der Waals surface area contributed by atoms with Crippen LogP contribution in [0.25, 0.3) is 10.8 Å². The van der Waals surface area contributed by atoms with Crippen LogP contribution in [0.1, 0.15) is 19.4 Å². The third-order valence-corrected chi connectivity index (χ3v) is 3.11. The Balaban J connectivity index is 2.75. The number of allylic oxidation sites excluding steroid dienone is 1. The Hall–Kier alpha value is -1.76. The van der Waals surface area contributed by atoms with E-state index in [2.05, 4.69) is 6.58 Å². The lowest BCUT2D eigenvalue weighted by atomic mass is 9.83. The van der Waals surface area contributed by atoms with Gasteiger partial charge in [0, 0.05) is 16.4 Å². The van der Waals surface area contributed by atoms with E-state index in [4.69, 9.17) is 0 Å². The zero-order chi connectivity index (χ0) is 11.8. The van der Waals surface area contributed by atoms with Crippen molar-refractivity contribution in [1.29, 1.82) is 0 Å². The summed E-state index contributed by atoms with van der Waals surface area (Å²) in [5, 5.41) is 12.2. The van der Waals surface area contributed by atoms with E-state index in [0.29, 0.717) is 5.75 Å². The molecule has 1 nitrogen and oxygen atoms in total. The Morgan fingerprint density at radius 2 is 1.81 bits per heavy atom. The molecule has 2 aromatic rings. The normalized spacial score (nSPS) is 11.6. The topological polar surface area (TPSA) is 20.2 Å². The summed E-state index contributed by atoms with van der Waals surface area (Å²) in [5.41, 5.74) is 0.704. The SMILES string of the molecule is C=CC(C)(C)c1ccc2ccccc2c1O. The van der Waals surface area contributed by atoms with E-state index in [-0.39, 0.29) is 5.41 Å². The number of hydrogen-bond donors (Lipinski definition) is 1. The summed E-state index contributed by atoms with van der Waals surface area (Å²) in [6.07, 6.45) is 1.86. The molecule has 2 aromatic carbocycles. The van der Waals surface area contributed by atoms with Crippen molar-refractivity contribution < 1.29 is 5.11 Å². The standard InChI is InChI=1S/C15H16O/c1-4-15(2,3)13-10-9-11-7-5-6-8-12(11)14(13)16/h4-10,16H,1H2,2-3H3. The molecule has 0 aliphatic carbocycles. The summed E-state index contributed by atoms with van der Waals surface area (Å²) in [7, 11) is 0. The van der Waals surface area contributed by atoms with Crippen LogP contribution in [0.4, 0.5) is 0 Å². The Labute approximate surface area is 96.0 Å². The lowest BCUT2D eigenvalue weighted by Crippen LogP contribution is -2.13. The van der Waals surface area contributed by atoms with Gasteiger partial charge in [0.25, 0.3) is 0 Å². The van der Waals surface area contributed by atoms with Crippen LogP contribution in [0.2, 0.25) is 0 Å². The lowest BCUT2D eigenvalue weighted by Gasteiger charge is -2.22. The number of benzene rings is 2. The molecule has 0 aromatic heterocycles. The van der Waals surface area contributed by atoms with E-state index >= 15 is 0 Å². The van der Waals surface area contributed by atoms with Gasteiger partial charge in [0.2, 0.25) is 0 Å². The summed E-state index contributed by atoms with van der Waals surface area (Å²) in [5.74, 6) is 0.364. The molecular formula is C15H16O. The van der Waals surface area contributed by atoms with Gasteiger partial charge in [-0.2, -0.15) is 0 Å². The average molecular weight is 212 g/mol. The molecule has 0 radical (unpaired) electrons. The van der Waals surface area contributed by atoms with Gasteiger partial charge in [0.1, 0.15) is 5.75 Å². The van der Waals surface area contributed by atoms with Crippen molar-refractivity contribution in [2.24, 2.45) is 0 Å². The van der Waals surface area contributed by atoms with Crippen molar-refractivity contribution in [2.75, 3.05) is 0 Å². The van der Waals surface area contributed by atoms with Crippen LogP contribution in [0, 0.1) is 0 Å². The minimum Gasteiger partial charge on any atom is -0.507 e. The highest BCUT2D eigenvalue weighted by atomic mass is 16.3. The quantitative estimate of drug-likeness (QED) is 0.746. The molecule has 0 spiro atoms. The number of phenols is 1. The van der Waals surface area contributed by atoms with Crippen molar-refractivity contribution >= 4 is 10.8 Å². The number of aromatic hydroxyl groups is 1. The molecule has 1 heteroatoms. The second-order valence-corrected chi connectivity index (χ2v) is 4.61. The van der Waals surface area contributed by atoms with Crippen LogP contribution in [-0.4, -0.2) is 5.11 Å². The van der Waals surface area contributed by atoms with Gasteiger partial charge in [0.15, 0.2) is 0 Å². The minimum absolute atomic E-state index is 0.214. The van der Waals surface area contributed by atoms with Gasteiger partial charge in [0.05, 0.1) is 0 Å². The van der Waals surface area contributed by atoms with Gasteiger partial charge in [-0.3, -0.25) is 0 Å². The number of phenolic OH excluding ortho intramolecular Hbond substituents is 1. The van der Waals surface area contributed by atoms with Crippen LogP contribution < -0.4 is 0 Å². The van der Waals surface area contributed by atoms with Crippen LogP contribution in [-0.2, 0) is 5.41 Å². The Kier molecular flexibility index (Phi) is 2.47. The van der Waals surface area contributed by atoms with Gasteiger partial charge < -0.3 is 5.11 Å². The predicted molar refractivity (Wildman–Crippen MR) is 68.8 cm³/mol. The molecule has 0 fully saturated rings. The number of fused-ring (bicyclic) bond motifs is 1. The van der Waals surface area contributed by atoms with Gasteiger partial charge in [-0.15, -0.1) is 6.58 Å². The van der Waals surface area contributed by atoms with Crippen molar-refractivity contribution in [1.82, 2.24) is 0 Å². The second-order valence-electron chi connectivity index (χ2n) is 4.61. The predicted octanol–water partition coefficient (Wildman–Crippen LogP) is 4.01. The Morgan fingerprint density at radius 1 is 1.12 bits per heavy atom. The van der Waals surface area contributed by atoms with Crippen molar-refractivity contribution in [3.63, 3.8) is 0 Å². The van der Waals surface area contributed by atoms with Crippen LogP contribution in [0.5, 0.6) is 5.75 Å². The molecule has 0 saturated carbocycles. The Morgan fingerprint density at radius 3 is 2.50 bits per heavy atom. The number of rotatable bonds is 2. The molecule has 82 valence electrons. The smallest absolute Gasteiger partial charge is 0.127 e. The molecule has 0 aliphatic rings. The first kappa shape index (κ1) is 10.7. The zero-order valence-corrected chi connectivity index (χ0v) is 9.70. The van der Waals surface area contributed by atoms with Crippen LogP contribution in [0.15, 0.2) is 49.1 Å². The van der Waals surface area contributed by atoms with E-state index in [9.17, 15) is 5.11 Å². The van der Waals surface area contributed by atoms with Gasteiger partial charge in [-0.1, -0.05) is 56.3 Å². The molecule has 1 N–H and O–H groups in total. The fraction of sp³-hybridized carbons (Fsp3) is 0.200. The molecule has 0 bridgehead atoms. The van der Waals surface area contributed by atoms with E-state index in [0.717, 1.165) is 16.3 Å². The van der Waals surface area contributed by atoms with E-state index in [1.165, 1.54) is 0 Å². The zero-order valence-electron chi connectivity index (χ0n) is 9.70. The molecule has 0 atom stereocenters. The first-order valence-corrected chi connectivity index (χ1v) is 5.41. The van der Waals surface area contributed by atoms with E-state index in [1.54, 1.807) is 0 Å². The van der Waals surface area contributed by atoms with E-state index in [1.807, 2.05) is 56.3 Å². The first-order chi connectivity index (χ1) is 7.56. The van der Waals surface area contributed by atoms with Gasteiger partial charge in [-0.05, 0) is 5.39 Å². The maximum absolute atomic E-state index is 10.3. The molecule has 0 saturated heterocycles. The molecule has 2 rings (SSSR count). The summed E-state index contributed by atoms with van der Waals surface area (Å²) in [4.78, 5) is 0. The summed E-state index contributed by atoms with van der Waals surface area (Å²) < 4.78 is 0. The maximum Gasteiger partial charge on any atom is 0.127 e. The molecule has 0 amide bonds.